The van der Waals surface area contributed by atoms with E-state index < -0.39 is 10.0 Å². The van der Waals surface area contributed by atoms with E-state index in [4.69, 9.17) is 0 Å². The van der Waals surface area contributed by atoms with E-state index in [1.165, 1.54) is 24.0 Å². The van der Waals surface area contributed by atoms with Crippen molar-refractivity contribution in [3.63, 3.8) is 0 Å². The van der Waals surface area contributed by atoms with Gasteiger partial charge in [-0.25, -0.2) is 8.42 Å². The predicted molar refractivity (Wildman–Crippen MR) is 88.0 cm³/mol. The molecule has 1 aliphatic rings. The van der Waals surface area contributed by atoms with Crippen molar-refractivity contribution in [3.8, 4) is 0 Å². The van der Waals surface area contributed by atoms with Gasteiger partial charge in [0.25, 0.3) is 10.0 Å². The molecule has 0 amide bonds. The molecule has 1 aliphatic carbocycles. The van der Waals surface area contributed by atoms with Crippen molar-refractivity contribution in [2.45, 2.75) is 30.6 Å². The van der Waals surface area contributed by atoms with E-state index in [1.54, 1.807) is 24.3 Å². The second kappa shape index (κ2) is 5.81. The van der Waals surface area contributed by atoms with Crippen LogP contribution in [-0.2, 0) is 22.9 Å². The molecule has 0 aromatic heterocycles. The van der Waals surface area contributed by atoms with Gasteiger partial charge < -0.3 is 0 Å². The Hall–Kier alpha value is -1.33. The fourth-order valence-electron chi connectivity index (χ4n) is 2.62. The Morgan fingerprint density at radius 3 is 2.29 bits per heavy atom. The molecule has 0 spiro atoms. The van der Waals surface area contributed by atoms with Gasteiger partial charge in [-0.3, -0.25) is 4.72 Å². The van der Waals surface area contributed by atoms with Gasteiger partial charge in [0.2, 0.25) is 0 Å². The van der Waals surface area contributed by atoms with E-state index in [1.807, 2.05) is 18.2 Å². The largest absolute Gasteiger partial charge is 0.280 e. The minimum absolute atomic E-state index is 0.267. The van der Waals surface area contributed by atoms with Gasteiger partial charge in [0.1, 0.15) is 0 Å². The Balaban J connectivity index is 1.87. The average Bonchev–Trinajstić information content (AvgIpc) is 2.47. The van der Waals surface area contributed by atoms with E-state index in [2.05, 4.69) is 20.7 Å². The normalized spacial score (nSPS) is 14.5. The first kappa shape index (κ1) is 14.6. The van der Waals surface area contributed by atoms with Gasteiger partial charge in [-0.15, -0.1) is 0 Å². The van der Waals surface area contributed by atoms with Crippen molar-refractivity contribution >= 4 is 31.6 Å². The summed E-state index contributed by atoms with van der Waals surface area (Å²) < 4.78 is 28.2. The van der Waals surface area contributed by atoms with Gasteiger partial charge >= 0.3 is 0 Å². The molecule has 2 aromatic carbocycles. The number of hydrogen-bond acceptors (Lipinski definition) is 2. The molecule has 0 radical (unpaired) electrons. The second-order valence-electron chi connectivity index (χ2n) is 5.25. The lowest BCUT2D eigenvalue weighted by atomic mass is 9.91. The molecule has 0 unspecified atom stereocenters. The van der Waals surface area contributed by atoms with E-state index >= 15 is 0 Å². The third-order valence-electron chi connectivity index (χ3n) is 3.72. The highest BCUT2D eigenvalue weighted by atomic mass is 79.9. The molecule has 5 heteroatoms. The topological polar surface area (TPSA) is 46.2 Å². The summed E-state index contributed by atoms with van der Waals surface area (Å²) in [7, 11) is -3.53. The Bertz CT molecular complexity index is 754. The zero-order chi connectivity index (χ0) is 14.9. The first-order valence-corrected chi connectivity index (χ1v) is 9.22. The number of benzene rings is 2. The monoisotopic (exact) mass is 365 g/mol. The van der Waals surface area contributed by atoms with Crippen molar-refractivity contribution in [2.75, 3.05) is 4.72 Å². The molecule has 0 bridgehead atoms. The average molecular weight is 366 g/mol. The van der Waals surface area contributed by atoms with Crippen LogP contribution in [0.5, 0.6) is 0 Å². The Kier molecular flexibility index (Phi) is 4.04. The van der Waals surface area contributed by atoms with Crippen LogP contribution in [0.15, 0.2) is 51.8 Å². The van der Waals surface area contributed by atoms with Crippen LogP contribution in [0, 0.1) is 0 Å². The van der Waals surface area contributed by atoms with Crippen molar-refractivity contribution < 1.29 is 8.42 Å². The molecule has 2 aromatic rings. The van der Waals surface area contributed by atoms with Crippen LogP contribution in [0.2, 0.25) is 0 Å². The van der Waals surface area contributed by atoms with Gasteiger partial charge in [0.15, 0.2) is 0 Å². The molecule has 0 saturated carbocycles. The molecule has 1 N–H and O–H groups in total. The molecule has 3 rings (SSSR count). The Morgan fingerprint density at radius 1 is 0.905 bits per heavy atom. The number of nitrogens with one attached hydrogen (secondary N) is 1. The number of anilines is 1. The van der Waals surface area contributed by atoms with Crippen molar-refractivity contribution in [1.29, 1.82) is 0 Å². The van der Waals surface area contributed by atoms with Gasteiger partial charge in [0, 0.05) is 10.2 Å². The predicted octanol–water partition coefficient (Wildman–Crippen LogP) is 4.13. The number of fused-ring (bicyclic) bond motifs is 1. The van der Waals surface area contributed by atoms with Crippen LogP contribution in [0.3, 0.4) is 0 Å². The molecule has 0 aliphatic heterocycles. The van der Waals surface area contributed by atoms with Gasteiger partial charge in [-0.2, -0.15) is 0 Å². The standard InChI is InChI=1S/C16H16BrNO2S/c17-14-6-9-16(10-7-14)21(19,20)18-15-8-5-12-3-1-2-4-13(12)11-15/h5-11,18H,1-4H2. The van der Waals surface area contributed by atoms with Crippen LogP contribution in [-0.4, -0.2) is 8.42 Å². The summed E-state index contributed by atoms with van der Waals surface area (Å²) in [6.07, 6.45) is 4.52. The highest BCUT2D eigenvalue weighted by Gasteiger charge is 2.15. The first-order valence-electron chi connectivity index (χ1n) is 6.95. The van der Waals surface area contributed by atoms with Gasteiger partial charge in [0.05, 0.1) is 4.90 Å². The maximum atomic E-state index is 12.4. The van der Waals surface area contributed by atoms with Crippen molar-refractivity contribution in [1.82, 2.24) is 0 Å². The lowest BCUT2D eigenvalue weighted by molar-refractivity contribution is 0.601. The van der Waals surface area contributed by atoms with Gasteiger partial charge in [-0.05, 0) is 73.2 Å². The number of aryl methyl sites for hydroxylation is 2. The summed E-state index contributed by atoms with van der Waals surface area (Å²) in [6.45, 7) is 0. The summed E-state index contributed by atoms with van der Waals surface area (Å²) >= 11 is 3.30. The minimum atomic E-state index is -3.53. The zero-order valence-corrected chi connectivity index (χ0v) is 13.9. The van der Waals surface area contributed by atoms with Crippen LogP contribution < -0.4 is 4.72 Å². The SMILES string of the molecule is O=S(=O)(Nc1ccc2c(c1)CCCC2)c1ccc(Br)cc1. The van der Waals surface area contributed by atoms with Crippen LogP contribution in [0.4, 0.5) is 5.69 Å². The van der Waals surface area contributed by atoms with Crippen molar-refractivity contribution in [3.05, 3.63) is 58.1 Å². The van der Waals surface area contributed by atoms with E-state index in [-0.39, 0.29) is 4.90 Å². The number of rotatable bonds is 3. The lowest BCUT2D eigenvalue weighted by Gasteiger charge is -2.17. The molecule has 0 atom stereocenters. The third kappa shape index (κ3) is 3.30. The third-order valence-corrected chi connectivity index (χ3v) is 5.65. The van der Waals surface area contributed by atoms with E-state index in [0.717, 1.165) is 17.3 Å². The Morgan fingerprint density at radius 2 is 1.57 bits per heavy atom. The van der Waals surface area contributed by atoms with Crippen LogP contribution >= 0.6 is 15.9 Å². The summed E-state index contributed by atoms with van der Waals surface area (Å²) in [5, 5.41) is 0. The minimum Gasteiger partial charge on any atom is -0.280 e. The van der Waals surface area contributed by atoms with Crippen LogP contribution in [0.25, 0.3) is 0 Å². The highest BCUT2D eigenvalue weighted by Crippen LogP contribution is 2.26. The molecule has 0 fully saturated rings. The summed E-state index contributed by atoms with van der Waals surface area (Å²) in [5.74, 6) is 0. The Labute approximate surface area is 133 Å². The first-order chi connectivity index (χ1) is 10.0. The maximum absolute atomic E-state index is 12.4. The lowest BCUT2D eigenvalue weighted by Crippen LogP contribution is -2.13. The maximum Gasteiger partial charge on any atom is 0.261 e. The number of sulfonamides is 1. The molecule has 21 heavy (non-hydrogen) atoms. The molecule has 0 saturated heterocycles. The highest BCUT2D eigenvalue weighted by molar-refractivity contribution is 9.10. The quantitative estimate of drug-likeness (QED) is 0.888. The van der Waals surface area contributed by atoms with E-state index in [0.29, 0.717) is 5.69 Å². The number of halogens is 1. The van der Waals surface area contributed by atoms with Crippen LogP contribution in [0.1, 0.15) is 24.0 Å². The molecule has 0 heterocycles. The summed E-state index contributed by atoms with van der Waals surface area (Å²) in [5.41, 5.74) is 3.24. The van der Waals surface area contributed by atoms with Gasteiger partial charge in [-0.1, -0.05) is 22.0 Å². The van der Waals surface area contributed by atoms with E-state index in [9.17, 15) is 8.42 Å². The molecule has 3 nitrogen and oxygen atoms in total. The second-order valence-corrected chi connectivity index (χ2v) is 7.85. The van der Waals surface area contributed by atoms with Crippen molar-refractivity contribution in [2.24, 2.45) is 0 Å². The summed E-state index contributed by atoms with van der Waals surface area (Å²) in [6, 6.07) is 12.5. The fraction of sp³-hybridized carbons (Fsp3) is 0.250. The summed E-state index contributed by atoms with van der Waals surface area (Å²) in [4.78, 5) is 0.267. The smallest absolute Gasteiger partial charge is 0.261 e. The number of hydrogen-bond donors (Lipinski definition) is 1. The fourth-order valence-corrected chi connectivity index (χ4v) is 3.94. The zero-order valence-electron chi connectivity index (χ0n) is 11.5. The molecular weight excluding hydrogens is 350 g/mol. The molecule has 110 valence electrons. The molecular formula is C16H16BrNO2S.